The van der Waals surface area contributed by atoms with Crippen LogP contribution in [0.3, 0.4) is 0 Å². The highest BCUT2D eigenvalue weighted by Gasteiger charge is 2.46. The number of ether oxygens (including phenoxy) is 1. The van der Waals surface area contributed by atoms with Crippen molar-refractivity contribution in [1.29, 1.82) is 0 Å². The van der Waals surface area contributed by atoms with Gasteiger partial charge in [-0.3, -0.25) is 14.6 Å². The third-order valence-corrected chi connectivity index (χ3v) is 6.30. The Kier molecular flexibility index (Phi) is 7.13. The molecule has 0 saturated heterocycles. The summed E-state index contributed by atoms with van der Waals surface area (Å²) in [6.07, 6.45) is 4.68. The van der Waals surface area contributed by atoms with Gasteiger partial charge < -0.3 is 4.74 Å². The molecule has 33 heavy (non-hydrogen) atoms. The highest BCUT2D eigenvalue weighted by Crippen LogP contribution is 2.39. The Bertz CT molecular complexity index is 1210. The molecule has 1 aromatic heterocycles. The number of aromatic amines is 1. The largest absolute Gasteiger partial charge is 0.493 e. The third kappa shape index (κ3) is 4.39. The second kappa shape index (κ2) is 10.2. The summed E-state index contributed by atoms with van der Waals surface area (Å²) < 4.78 is 7.85. The lowest BCUT2D eigenvalue weighted by molar-refractivity contribution is -0.763. The quantitative estimate of drug-likeness (QED) is 0.305. The lowest BCUT2D eigenvalue weighted by Gasteiger charge is -2.32. The first-order chi connectivity index (χ1) is 16.1. The smallest absolute Gasteiger partial charge is 0.325 e. The number of carbonyl (C=O) groups is 1. The molecule has 2 heterocycles. The number of thioether (sulfide) groups is 1. The highest BCUT2D eigenvalue weighted by atomic mass is 32.2. The van der Waals surface area contributed by atoms with E-state index >= 15 is 0 Å². The van der Waals surface area contributed by atoms with Crippen molar-refractivity contribution in [2.45, 2.75) is 50.9 Å². The van der Waals surface area contributed by atoms with E-state index in [0.29, 0.717) is 40.9 Å². The molecule has 3 aromatic rings. The van der Waals surface area contributed by atoms with E-state index in [4.69, 9.17) is 9.84 Å². The molecule has 8 heteroatoms. The van der Waals surface area contributed by atoms with Crippen molar-refractivity contribution in [1.82, 2.24) is 10.1 Å². The van der Waals surface area contributed by atoms with E-state index in [1.807, 2.05) is 61.7 Å². The van der Waals surface area contributed by atoms with Crippen LogP contribution in [-0.4, -0.2) is 28.9 Å². The predicted octanol–water partition coefficient (Wildman–Crippen LogP) is 4.32. The van der Waals surface area contributed by atoms with Crippen LogP contribution in [0.25, 0.3) is 11.3 Å². The summed E-state index contributed by atoms with van der Waals surface area (Å²) >= 11 is 1.35. The number of nitrogens with zero attached hydrogens (tertiary/aromatic N) is 3. The van der Waals surface area contributed by atoms with E-state index in [9.17, 15) is 9.59 Å². The molecule has 0 saturated carbocycles. The van der Waals surface area contributed by atoms with Crippen molar-refractivity contribution in [2.24, 2.45) is 0 Å². The van der Waals surface area contributed by atoms with Gasteiger partial charge in [-0.1, -0.05) is 62.7 Å². The molecule has 1 amide bonds. The molecule has 2 aromatic carbocycles. The van der Waals surface area contributed by atoms with Crippen LogP contribution in [0.4, 0.5) is 5.69 Å². The molecule has 1 atom stereocenters. The van der Waals surface area contributed by atoms with Gasteiger partial charge in [-0.25, -0.2) is 4.90 Å². The average Bonchev–Trinajstić information content (AvgIpc) is 2.85. The Labute approximate surface area is 197 Å². The number of aromatic nitrogens is 3. The van der Waals surface area contributed by atoms with Crippen LogP contribution in [0.2, 0.25) is 0 Å². The molecule has 0 radical (unpaired) electrons. The number of para-hydroxylation sites is 2. The molecule has 0 unspecified atom stereocenters. The van der Waals surface area contributed by atoms with Crippen molar-refractivity contribution in [3.63, 3.8) is 0 Å². The van der Waals surface area contributed by atoms with Crippen molar-refractivity contribution in [2.75, 3.05) is 17.8 Å². The number of nitrogens with one attached hydrogen (secondary N) is 1. The molecule has 7 nitrogen and oxygen atoms in total. The minimum Gasteiger partial charge on any atom is -0.493 e. The highest BCUT2D eigenvalue weighted by molar-refractivity contribution is 7.98. The van der Waals surface area contributed by atoms with Gasteiger partial charge >= 0.3 is 11.3 Å². The molecule has 0 fully saturated rings. The third-order valence-electron chi connectivity index (χ3n) is 5.73. The minimum absolute atomic E-state index is 0.0563. The lowest BCUT2D eigenvalue weighted by atomic mass is 10.0. The number of H-pyrrole nitrogens is 1. The molecular formula is C25H29N4O3S+. The van der Waals surface area contributed by atoms with Gasteiger partial charge in [0.2, 0.25) is 11.1 Å². The summed E-state index contributed by atoms with van der Waals surface area (Å²) in [5, 5.41) is 5.23. The van der Waals surface area contributed by atoms with Gasteiger partial charge in [0.05, 0.1) is 23.4 Å². The molecular weight excluding hydrogens is 436 g/mol. The Morgan fingerprint density at radius 2 is 1.91 bits per heavy atom. The molecule has 0 spiro atoms. The molecule has 0 aliphatic carbocycles. The SMILES string of the molecule is CCCCCOc1ccccc1[C@@H]1N(C(=O)CC)c2ccccc2-c2c(=O)[nH]c(SC)n[n+]21. The number of rotatable bonds is 8. The van der Waals surface area contributed by atoms with Crippen LogP contribution >= 0.6 is 11.8 Å². The monoisotopic (exact) mass is 465 g/mol. The van der Waals surface area contributed by atoms with Crippen molar-refractivity contribution in [3.8, 4) is 17.0 Å². The maximum Gasteiger partial charge on any atom is 0.325 e. The second-order valence-corrected chi connectivity index (χ2v) is 8.65. The maximum absolute atomic E-state index is 13.3. The fourth-order valence-corrected chi connectivity index (χ4v) is 4.51. The van der Waals surface area contributed by atoms with Crippen LogP contribution in [-0.2, 0) is 4.79 Å². The van der Waals surface area contributed by atoms with E-state index in [1.54, 1.807) is 9.58 Å². The van der Waals surface area contributed by atoms with Crippen LogP contribution in [0.1, 0.15) is 51.3 Å². The number of fused-ring (bicyclic) bond motifs is 3. The first kappa shape index (κ1) is 23.0. The number of carbonyl (C=O) groups excluding carboxylic acids is 1. The van der Waals surface area contributed by atoms with E-state index in [0.717, 1.165) is 24.8 Å². The first-order valence-electron chi connectivity index (χ1n) is 11.3. The molecule has 1 N–H and O–H groups in total. The van der Waals surface area contributed by atoms with E-state index in [1.165, 1.54) is 11.8 Å². The summed E-state index contributed by atoms with van der Waals surface area (Å²) in [5.74, 6) is 0.636. The Morgan fingerprint density at radius 3 is 2.67 bits per heavy atom. The van der Waals surface area contributed by atoms with Crippen LogP contribution in [0.5, 0.6) is 5.75 Å². The molecule has 1 aliphatic heterocycles. The van der Waals surface area contributed by atoms with E-state index in [-0.39, 0.29) is 11.5 Å². The van der Waals surface area contributed by atoms with Gasteiger partial charge in [0.1, 0.15) is 5.75 Å². The van der Waals surface area contributed by atoms with Gasteiger partial charge in [0.25, 0.3) is 6.17 Å². The molecule has 1 aliphatic rings. The number of amides is 1. The van der Waals surface area contributed by atoms with Gasteiger partial charge in [0, 0.05) is 11.5 Å². The van der Waals surface area contributed by atoms with Crippen LogP contribution in [0, 0.1) is 0 Å². The maximum atomic E-state index is 13.3. The minimum atomic E-state index is -0.641. The zero-order valence-electron chi connectivity index (χ0n) is 19.2. The Hall–Kier alpha value is -3.13. The summed E-state index contributed by atoms with van der Waals surface area (Å²) in [6.45, 7) is 4.59. The fraction of sp³-hybridized carbons (Fsp3) is 0.360. The van der Waals surface area contributed by atoms with Gasteiger partial charge in [-0.15, -0.1) is 0 Å². The lowest BCUT2D eigenvalue weighted by Crippen LogP contribution is -2.60. The van der Waals surface area contributed by atoms with Crippen molar-refractivity contribution in [3.05, 3.63) is 64.4 Å². The zero-order valence-corrected chi connectivity index (χ0v) is 20.0. The fourth-order valence-electron chi connectivity index (χ4n) is 4.14. The molecule has 4 rings (SSSR count). The number of hydrogen-bond donors (Lipinski definition) is 1. The first-order valence-corrected chi connectivity index (χ1v) is 12.6. The van der Waals surface area contributed by atoms with Crippen molar-refractivity contribution < 1.29 is 14.2 Å². The van der Waals surface area contributed by atoms with Crippen LogP contribution in [0.15, 0.2) is 58.5 Å². The Balaban J connectivity index is 1.95. The summed E-state index contributed by atoms with van der Waals surface area (Å²) in [5.41, 5.74) is 2.35. The zero-order chi connectivity index (χ0) is 23.4. The average molecular weight is 466 g/mol. The van der Waals surface area contributed by atoms with Gasteiger partial charge in [-0.2, -0.15) is 0 Å². The summed E-state index contributed by atoms with van der Waals surface area (Å²) in [4.78, 5) is 31.1. The standard InChI is InChI=1S/C25H28N4O3S/c1-4-6-11-16-32-20-15-10-8-13-18(20)24-28(21(30)5-2)19-14-9-7-12-17(19)22-23(31)26-25(33-3)27-29(22)24/h7-10,12-15,24H,4-6,11,16H2,1-3H3/p+1/t24-/m1/s1. The Morgan fingerprint density at radius 1 is 1.15 bits per heavy atom. The molecule has 172 valence electrons. The van der Waals surface area contributed by atoms with E-state index < -0.39 is 6.17 Å². The number of hydrogen-bond acceptors (Lipinski definition) is 5. The van der Waals surface area contributed by atoms with Gasteiger partial charge in [-0.05, 0) is 41.6 Å². The summed E-state index contributed by atoms with van der Waals surface area (Å²) in [7, 11) is 0. The summed E-state index contributed by atoms with van der Waals surface area (Å²) in [6, 6.07) is 15.2. The van der Waals surface area contributed by atoms with Crippen LogP contribution < -0.4 is 19.9 Å². The topological polar surface area (TPSA) is 79.2 Å². The second-order valence-electron chi connectivity index (χ2n) is 7.86. The number of anilines is 1. The molecule has 0 bridgehead atoms. The number of unbranched alkanes of at least 4 members (excludes halogenated alkanes) is 2. The number of benzene rings is 2. The van der Waals surface area contributed by atoms with E-state index in [2.05, 4.69) is 11.9 Å². The van der Waals surface area contributed by atoms with Crippen molar-refractivity contribution >= 4 is 23.4 Å². The van der Waals surface area contributed by atoms with Gasteiger partial charge in [0.15, 0.2) is 0 Å². The normalized spacial score (nSPS) is 14.5. The predicted molar refractivity (Wildman–Crippen MR) is 130 cm³/mol.